The molecule has 8 heteroatoms. The van der Waals surface area contributed by atoms with E-state index in [1.165, 1.54) is 28.6 Å². The average Bonchev–Trinajstić information content (AvgIpc) is 3.00. The Morgan fingerprint density at radius 2 is 1.84 bits per heavy atom. The Labute approximate surface area is 149 Å². The van der Waals surface area contributed by atoms with Crippen molar-refractivity contribution in [2.24, 2.45) is 0 Å². The van der Waals surface area contributed by atoms with Crippen molar-refractivity contribution in [3.63, 3.8) is 0 Å². The summed E-state index contributed by atoms with van der Waals surface area (Å²) in [6, 6.07) is 13.9. The van der Waals surface area contributed by atoms with E-state index in [9.17, 15) is 4.39 Å². The maximum absolute atomic E-state index is 12.9. The highest BCUT2D eigenvalue weighted by atomic mass is 32.2. The number of hydrogen-bond donors (Lipinski definition) is 2. The quantitative estimate of drug-likeness (QED) is 0.499. The summed E-state index contributed by atoms with van der Waals surface area (Å²) < 4.78 is 19.5. The van der Waals surface area contributed by atoms with Gasteiger partial charge in [0.2, 0.25) is 5.16 Å². The molecule has 0 aliphatic carbocycles. The number of methoxy groups -OCH3 is 1. The van der Waals surface area contributed by atoms with E-state index in [1.807, 2.05) is 24.3 Å². The van der Waals surface area contributed by atoms with Crippen LogP contribution in [0.2, 0.25) is 0 Å². The molecule has 0 saturated heterocycles. The Morgan fingerprint density at radius 1 is 1.12 bits per heavy atom. The lowest BCUT2D eigenvalue weighted by Gasteiger charge is -2.07. The molecule has 3 rings (SSSR count). The maximum Gasteiger partial charge on any atom is 0.210 e. The Morgan fingerprint density at radius 3 is 2.52 bits per heavy atom. The van der Waals surface area contributed by atoms with Crippen LogP contribution in [0.25, 0.3) is 0 Å². The molecule has 6 nitrogen and oxygen atoms in total. The lowest BCUT2D eigenvalue weighted by Crippen LogP contribution is -2.16. The van der Waals surface area contributed by atoms with E-state index >= 15 is 0 Å². The molecular weight excluding hydrogens is 341 g/mol. The third-order valence-corrected chi connectivity index (χ3v) is 4.57. The molecular formula is C17H18FN5OS. The molecule has 130 valence electrons. The minimum atomic E-state index is -0.248. The van der Waals surface area contributed by atoms with Gasteiger partial charge in [0.1, 0.15) is 11.6 Å². The molecule has 0 atom stereocenters. The van der Waals surface area contributed by atoms with Crippen LogP contribution in [0.3, 0.4) is 0 Å². The van der Waals surface area contributed by atoms with Crippen molar-refractivity contribution in [1.82, 2.24) is 14.9 Å². The first-order valence-electron chi connectivity index (χ1n) is 7.60. The highest BCUT2D eigenvalue weighted by Gasteiger charge is 2.10. The number of aromatic nitrogens is 3. The standard InChI is InChI=1S/C17H18FN5OS/c1-24-15-8-6-14(7-9-15)20-10-16-21-22-17(23(16)19)25-11-12-2-4-13(18)5-3-12/h2-9,20H,10-11,19H2,1H3. The first-order valence-corrected chi connectivity index (χ1v) is 8.59. The van der Waals surface area contributed by atoms with E-state index < -0.39 is 0 Å². The molecule has 1 aromatic heterocycles. The Bertz CT molecular complexity index is 820. The van der Waals surface area contributed by atoms with Crippen LogP contribution in [0.5, 0.6) is 5.75 Å². The summed E-state index contributed by atoms with van der Waals surface area (Å²) in [7, 11) is 1.63. The highest BCUT2D eigenvalue weighted by molar-refractivity contribution is 7.98. The van der Waals surface area contributed by atoms with Gasteiger partial charge in [-0.1, -0.05) is 23.9 Å². The molecule has 0 amide bonds. The van der Waals surface area contributed by atoms with E-state index in [4.69, 9.17) is 10.6 Å². The fraction of sp³-hybridized carbons (Fsp3) is 0.176. The summed E-state index contributed by atoms with van der Waals surface area (Å²) in [5, 5.41) is 12.1. The zero-order chi connectivity index (χ0) is 17.6. The number of nitrogens with one attached hydrogen (secondary N) is 1. The number of hydrogen-bond acceptors (Lipinski definition) is 6. The summed E-state index contributed by atoms with van der Waals surface area (Å²) >= 11 is 1.45. The molecule has 0 bridgehead atoms. The number of nitrogen functional groups attached to an aromatic ring is 1. The molecule has 0 saturated carbocycles. The SMILES string of the molecule is COc1ccc(NCc2nnc(SCc3ccc(F)cc3)n2N)cc1. The smallest absolute Gasteiger partial charge is 0.210 e. The topological polar surface area (TPSA) is 78.0 Å². The van der Waals surface area contributed by atoms with Crippen LogP contribution in [0.4, 0.5) is 10.1 Å². The first kappa shape index (κ1) is 17.1. The summed E-state index contributed by atoms with van der Waals surface area (Å²) in [5.41, 5.74) is 1.93. The Balaban J connectivity index is 1.57. The van der Waals surface area contributed by atoms with Crippen molar-refractivity contribution >= 4 is 17.4 Å². The summed E-state index contributed by atoms with van der Waals surface area (Å²) in [6.07, 6.45) is 0. The number of ether oxygens (including phenoxy) is 1. The van der Waals surface area contributed by atoms with Crippen LogP contribution in [-0.4, -0.2) is 22.0 Å². The zero-order valence-electron chi connectivity index (χ0n) is 13.6. The molecule has 0 unspecified atom stereocenters. The van der Waals surface area contributed by atoms with E-state index in [0.717, 1.165) is 17.0 Å². The third kappa shape index (κ3) is 4.42. The lowest BCUT2D eigenvalue weighted by molar-refractivity contribution is 0.415. The van der Waals surface area contributed by atoms with Gasteiger partial charge in [-0.2, -0.15) is 0 Å². The zero-order valence-corrected chi connectivity index (χ0v) is 14.5. The number of benzene rings is 2. The van der Waals surface area contributed by atoms with Crippen LogP contribution in [0.1, 0.15) is 11.4 Å². The second-order valence-electron chi connectivity index (χ2n) is 5.27. The number of halogens is 1. The van der Waals surface area contributed by atoms with Gasteiger partial charge in [-0.15, -0.1) is 10.2 Å². The van der Waals surface area contributed by atoms with Crippen LogP contribution >= 0.6 is 11.8 Å². The molecule has 2 aromatic carbocycles. The third-order valence-electron chi connectivity index (χ3n) is 3.56. The molecule has 0 fully saturated rings. The van der Waals surface area contributed by atoms with Crippen molar-refractivity contribution in [3.8, 4) is 5.75 Å². The second-order valence-corrected chi connectivity index (χ2v) is 6.21. The molecule has 1 heterocycles. The van der Waals surface area contributed by atoms with Crippen LogP contribution in [-0.2, 0) is 12.3 Å². The van der Waals surface area contributed by atoms with Gasteiger partial charge < -0.3 is 15.9 Å². The number of thioether (sulfide) groups is 1. The molecule has 0 radical (unpaired) electrons. The fourth-order valence-electron chi connectivity index (χ4n) is 2.14. The molecule has 25 heavy (non-hydrogen) atoms. The van der Waals surface area contributed by atoms with Gasteiger partial charge in [0, 0.05) is 11.4 Å². The van der Waals surface area contributed by atoms with E-state index in [-0.39, 0.29) is 5.82 Å². The van der Waals surface area contributed by atoms with Crippen LogP contribution in [0, 0.1) is 5.82 Å². The van der Waals surface area contributed by atoms with Gasteiger partial charge in [0.25, 0.3) is 0 Å². The number of nitrogens with two attached hydrogens (primary N) is 1. The van der Waals surface area contributed by atoms with E-state index in [1.54, 1.807) is 19.2 Å². The minimum Gasteiger partial charge on any atom is -0.497 e. The number of anilines is 1. The number of rotatable bonds is 7. The van der Waals surface area contributed by atoms with Gasteiger partial charge in [0.05, 0.1) is 13.7 Å². The molecule has 0 spiro atoms. The van der Waals surface area contributed by atoms with Crippen LogP contribution < -0.4 is 15.9 Å². The van der Waals surface area contributed by atoms with E-state index in [2.05, 4.69) is 15.5 Å². The number of nitrogens with zero attached hydrogens (tertiary/aromatic N) is 3. The maximum atomic E-state index is 12.9. The Kier molecular flexibility index (Phi) is 5.39. The van der Waals surface area contributed by atoms with Crippen molar-refractivity contribution in [1.29, 1.82) is 0 Å². The molecule has 0 aliphatic heterocycles. The second kappa shape index (κ2) is 7.89. The van der Waals surface area contributed by atoms with Gasteiger partial charge >= 0.3 is 0 Å². The fourth-order valence-corrected chi connectivity index (χ4v) is 2.98. The van der Waals surface area contributed by atoms with E-state index in [0.29, 0.717) is 23.3 Å². The summed E-state index contributed by atoms with van der Waals surface area (Å²) in [5.74, 6) is 7.87. The largest absolute Gasteiger partial charge is 0.497 e. The van der Waals surface area contributed by atoms with Crippen molar-refractivity contribution in [2.75, 3.05) is 18.3 Å². The summed E-state index contributed by atoms with van der Waals surface area (Å²) in [4.78, 5) is 0. The highest BCUT2D eigenvalue weighted by Crippen LogP contribution is 2.21. The van der Waals surface area contributed by atoms with Crippen molar-refractivity contribution < 1.29 is 9.13 Å². The van der Waals surface area contributed by atoms with Gasteiger partial charge in [-0.25, -0.2) is 9.07 Å². The average molecular weight is 359 g/mol. The predicted molar refractivity (Wildman–Crippen MR) is 96.5 cm³/mol. The molecule has 0 aliphatic rings. The van der Waals surface area contributed by atoms with Crippen molar-refractivity contribution in [3.05, 3.63) is 65.7 Å². The minimum absolute atomic E-state index is 0.248. The Hall–Kier alpha value is -2.74. The molecule has 3 N–H and O–H groups in total. The van der Waals surface area contributed by atoms with Crippen molar-refractivity contribution in [2.45, 2.75) is 17.5 Å². The predicted octanol–water partition coefficient (Wildman–Crippen LogP) is 3.04. The summed E-state index contributed by atoms with van der Waals surface area (Å²) in [6.45, 7) is 0.451. The van der Waals surface area contributed by atoms with Gasteiger partial charge in [0.15, 0.2) is 5.82 Å². The van der Waals surface area contributed by atoms with Crippen LogP contribution in [0.15, 0.2) is 53.7 Å². The van der Waals surface area contributed by atoms with Gasteiger partial charge in [-0.05, 0) is 42.0 Å². The first-order chi connectivity index (χ1) is 12.2. The molecule has 3 aromatic rings. The monoisotopic (exact) mass is 359 g/mol. The lowest BCUT2D eigenvalue weighted by atomic mass is 10.2. The van der Waals surface area contributed by atoms with Gasteiger partial charge in [-0.3, -0.25) is 0 Å². The normalized spacial score (nSPS) is 10.6.